The molecule has 3 aliphatic heterocycles. The SMILES string of the molecule is Cc1nc2ccc(Cl)cc2c2c1O[C@]1(CC2)C[C@H]2C(=O)C[C@]3(C(=O)NS(=O)(=O)C4(C)CC4)C[C@H]3/C=C\CCCCC[C@H](CC(=O)OC3(C)CC3)C(=O)N2C1. The molecule has 0 bridgehead atoms. The molecule has 3 aliphatic carbocycles. The van der Waals surface area contributed by atoms with Crippen molar-refractivity contribution in [1.82, 2.24) is 14.6 Å². The Labute approximate surface area is 322 Å². The summed E-state index contributed by atoms with van der Waals surface area (Å²) in [6.07, 6.45) is 11.6. The number of amides is 2. The van der Waals surface area contributed by atoms with Crippen LogP contribution in [-0.2, 0) is 40.4 Å². The van der Waals surface area contributed by atoms with Gasteiger partial charge in [-0.05, 0) is 109 Å². The van der Waals surface area contributed by atoms with Gasteiger partial charge in [0.1, 0.15) is 17.0 Å². The van der Waals surface area contributed by atoms with Gasteiger partial charge in [0.15, 0.2) is 5.78 Å². The fourth-order valence-corrected chi connectivity index (χ4v) is 10.4. The van der Waals surface area contributed by atoms with Crippen molar-refractivity contribution >= 4 is 56.1 Å². The van der Waals surface area contributed by atoms with E-state index in [1.165, 1.54) is 0 Å². The second kappa shape index (κ2) is 13.3. The van der Waals surface area contributed by atoms with Gasteiger partial charge in [-0.3, -0.25) is 23.9 Å². The molecule has 290 valence electrons. The van der Waals surface area contributed by atoms with Gasteiger partial charge in [-0.15, -0.1) is 0 Å². The molecule has 1 aromatic carbocycles. The van der Waals surface area contributed by atoms with Crippen LogP contribution < -0.4 is 9.46 Å². The molecule has 2 amide bonds. The second-order valence-electron chi connectivity index (χ2n) is 17.5. The number of hydrogen-bond acceptors (Lipinski definition) is 9. The molecule has 2 aromatic rings. The average Bonchev–Trinajstić information content (AvgIpc) is 4.08. The van der Waals surface area contributed by atoms with Crippen molar-refractivity contribution in [2.24, 2.45) is 17.3 Å². The third-order valence-electron chi connectivity index (χ3n) is 13.2. The number of nitrogens with one attached hydrogen (secondary N) is 1. The summed E-state index contributed by atoms with van der Waals surface area (Å²) in [6.45, 7) is 5.54. The molecule has 0 unspecified atom stereocenters. The van der Waals surface area contributed by atoms with Crippen molar-refractivity contribution in [3.05, 3.63) is 46.6 Å². The maximum absolute atomic E-state index is 14.8. The van der Waals surface area contributed by atoms with Gasteiger partial charge in [-0.2, -0.15) is 0 Å². The van der Waals surface area contributed by atoms with E-state index in [-0.39, 0.29) is 43.4 Å². The Balaban J connectivity index is 1.13. The van der Waals surface area contributed by atoms with Crippen LogP contribution in [0.15, 0.2) is 30.4 Å². The molecule has 1 aromatic heterocycles. The number of carbonyl (C=O) groups is 4. The number of ether oxygens (including phenoxy) is 2. The van der Waals surface area contributed by atoms with E-state index in [4.69, 9.17) is 26.1 Å². The number of halogens is 1. The quantitative estimate of drug-likeness (QED) is 0.258. The van der Waals surface area contributed by atoms with Gasteiger partial charge in [0, 0.05) is 34.7 Å². The van der Waals surface area contributed by atoms with E-state index in [0.29, 0.717) is 55.0 Å². The Hall–Kier alpha value is -3.51. The number of aromatic nitrogens is 1. The number of benzene rings is 1. The first-order valence-corrected chi connectivity index (χ1v) is 21.5. The van der Waals surface area contributed by atoms with E-state index in [1.54, 1.807) is 17.9 Å². The number of aryl methyl sites for hydroxylation is 2. The molecule has 1 saturated heterocycles. The van der Waals surface area contributed by atoms with Crippen molar-refractivity contribution in [2.75, 3.05) is 6.54 Å². The highest BCUT2D eigenvalue weighted by atomic mass is 35.5. The lowest BCUT2D eigenvalue weighted by Crippen LogP contribution is -2.48. The molecule has 1 N–H and O–H groups in total. The minimum atomic E-state index is -3.93. The zero-order chi connectivity index (χ0) is 38.3. The van der Waals surface area contributed by atoms with Crippen LogP contribution in [0.25, 0.3) is 10.9 Å². The van der Waals surface area contributed by atoms with Crippen molar-refractivity contribution < 1.29 is 37.1 Å². The fraction of sp³-hybridized carbons (Fsp3) is 0.634. The molecule has 54 heavy (non-hydrogen) atoms. The van der Waals surface area contributed by atoms with Crippen molar-refractivity contribution in [2.45, 2.75) is 139 Å². The summed E-state index contributed by atoms with van der Waals surface area (Å²) >= 11 is 6.40. The second-order valence-corrected chi connectivity index (χ2v) is 20.2. The van der Waals surface area contributed by atoms with Gasteiger partial charge in [-0.1, -0.05) is 36.6 Å². The number of pyridine rings is 1. The molecule has 4 fully saturated rings. The maximum atomic E-state index is 14.8. The number of esters is 1. The van der Waals surface area contributed by atoms with Crippen LogP contribution >= 0.6 is 11.6 Å². The lowest BCUT2D eigenvalue weighted by molar-refractivity contribution is -0.155. The van der Waals surface area contributed by atoms with Crippen molar-refractivity contribution in [3.63, 3.8) is 0 Å². The lowest BCUT2D eigenvalue weighted by Gasteiger charge is -2.36. The molecule has 13 heteroatoms. The average molecular weight is 780 g/mol. The predicted molar refractivity (Wildman–Crippen MR) is 202 cm³/mol. The number of nitrogens with zero attached hydrogens (tertiary/aromatic N) is 2. The number of allylic oxidation sites excluding steroid dienone is 2. The number of hydrogen-bond donors (Lipinski definition) is 1. The summed E-state index contributed by atoms with van der Waals surface area (Å²) in [5.41, 5.74) is -0.143. The van der Waals surface area contributed by atoms with Crippen LogP contribution in [0.5, 0.6) is 5.75 Å². The summed E-state index contributed by atoms with van der Waals surface area (Å²) in [5.74, 6) is -2.03. The molecule has 1 spiro atoms. The number of sulfonamides is 1. The highest BCUT2D eigenvalue weighted by molar-refractivity contribution is 7.91. The minimum Gasteiger partial charge on any atom is -0.483 e. The van der Waals surface area contributed by atoms with Gasteiger partial charge in [0.05, 0.1) is 40.4 Å². The van der Waals surface area contributed by atoms with Crippen molar-refractivity contribution in [3.8, 4) is 5.75 Å². The molecule has 3 saturated carbocycles. The van der Waals surface area contributed by atoms with Gasteiger partial charge in [0.2, 0.25) is 21.8 Å². The van der Waals surface area contributed by atoms with Crippen LogP contribution in [0.3, 0.4) is 0 Å². The molecule has 4 heterocycles. The third-order valence-corrected chi connectivity index (χ3v) is 15.5. The van der Waals surface area contributed by atoms with Crippen LogP contribution in [0.2, 0.25) is 5.02 Å². The number of Topliss-reactive ketones (excluding diaryl/α,β-unsaturated/α-hetero) is 1. The fourth-order valence-electron chi connectivity index (χ4n) is 8.93. The van der Waals surface area contributed by atoms with E-state index in [1.807, 2.05) is 38.1 Å². The standard InChI is InChI=1S/C41H50ClN3O8S/c1-25-35-29(30-20-28(42)11-12-31(30)43-25)13-14-40(53-35)22-32-33(46)23-41(37(49)44-54(50,51)39(3)17-18-39)21-27(41)10-8-6-4-5-7-9-26(36(48)45(32)24-40)19-34(47)52-38(2)15-16-38/h8,10-12,20,26-27,32H,4-7,9,13-19,21-24H2,1-3H3,(H,44,49)/b10-8-/t26-,27-,32+,40-,41-/m1/s1. The highest BCUT2D eigenvalue weighted by Gasteiger charge is 2.63. The molecular weight excluding hydrogens is 730 g/mol. The van der Waals surface area contributed by atoms with Gasteiger partial charge < -0.3 is 14.4 Å². The first-order valence-electron chi connectivity index (χ1n) is 19.6. The Morgan fingerprint density at radius 1 is 1.07 bits per heavy atom. The van der Waals surface area contributed by atoms with Crippen LogP contribution in [0.1, 0.15) is 115 Å². The van der Waals surface area contributed by atoms with Crippen LogP contribution in [0.4, 0.5) is 0 Å². The van der Waals surface area contributed by atoms with Gasteiger partial charge >= 0.3 is 5.97 Å². The van der Waals surface area contributed by atoms with E-state index in [9.17, 15) is 27.6 Å². The normalized spacial score (nSPS) is 31.9. The smallest absolute Gasteiger partial charge is 0.307 e. The first-order chi connectivity index (χ1) is 25.5. The molecule has 5 atom stereocenters. The number of carbonyl (C=O) groups excluding carboxylic acids is 4. The number of rotatable bonds is 6. The van der Waals surface area contributed by atoms with Gasteiger partial charge in [-0.25, -0.2) is 13.4 Å². The Bertz CT molecular complexity index is 2080. The molecule has 11 nitrogen and oxygen atoms in total. The summed E-state index contributed by atoms with van der Waals surface area (Å²) in [7, 11) is -3.93. The number of fused-ring (bicyclic) bond motifs is 5. The zero-order valence-electron chi connectivity index (χ0n) is 31.4. The maximum Gasteiger partial charge on any atom is 0.307 e. The minimum absolute atomic E-state index is 0.0801. The van der Waals surface area contributed by atoms with E-state index >= 15 is 0 Å². The van der Waals surface area contributed by atoms with E-state index in [2.05, 4.69) is 4.72 Å². The molecule has 8 rings (SSSR count). The van der Waals surface area contributed by atoms with E-state index in [0.717, 1.165) is 55.0 Å². The van der Waals surface area contributed by atoms with Gasteiger partial charge in [0.25, 0.3) is 0 Å². The van der Waals surface area contributed by atoms with E-state index < -0.39 is 55.2 Å². The molecule has 0 radical (unpaired) electrons. The summed E-state index contributed by atoms with van der Waals surface area (Å²) in [5, 5.41) is 1.49. The van der Waals surface area contributed by atoms with Crippen molar-refractivity contribution in [1.29, 1.82) is 0 Å². The van der Waals surface area contributed by atoms with Crippen LogP contribution in [0, 0.1) is 24.2 Å². The Morgan fingerprint density at radius 2 is 1.85 bits per heavy atom. The zero-order valence-corrected chi connectivity index (χ0v) is 33.0. The Kier molecular flexibility index (Phi) is 9.22. The largest absolute Gasteiger partial charge is 0.483 e. The lowest BCUT2D eigenvalue weighted by atomic mass is 9.85. The highest BCUT2D eigenvalue weighted by Crippen LogP contribution is 2.58. The Morgan fingerprint density at radius 3 is 2.59 bits per heavy atom. The number of ketones is 1. The summed E-state index contributed by atoms with van der Waals surface area (Å²) in [4.78, 5) is 63.2. The summed E-state index contributed by atoms with van der Waals surface area (Å²) < 4.78 is 40.5. The predicted octanol–water partition coefficient (Wildman–Crippen LogP) is 6.45. The van der Waals surface area contributed by atoms with Crippen LogP contribution in [-0.4, -0.2) is 70.4 Å². The first kappa shape index (κ1) is 37.4. The topological polar surface area (TPSA) is 149 Å². The monoisotopic (exact) mass is 779 g/mol. The third kappa shape index (κ3) is 6.94. The molecule has 6 aliphatic rings. The molecular formula is C41H50ClN3O8S. The summed E-state index contributed by atoms with van der Waals surface area (Å²) in [6, 6.07) is 4.64.